The quantitative estimate of drug-likeness (QED) is 0.868. The van der Waals surface area contributed by atoms with Crippen LogP contribution in [-0.4, -0.2) is 35.5 Å². The summed E-state index contributed by atoms with van der Waals surface area (Å²) >= 11 is 1.60. The lowest BCUT2D eigenvalue weighted by molar-refractivity contribution is -0.138. The molecule has 0 N–H and O–H groups in total. The molecule has 0 spiro atoms. The predicted molar refractivity (Wildman–Crippen MR) is 91.7 cm³/mol. The van der Waals surface area contributed by atoms with Gasteiger partial charge in [-0.3, -0.25) is 4.79 Å². The molecule has 23 heavy (non-hydrogen) atoms. The van der Waals surface area contributed by atoms with E-state index >= 15 is 0 Å². The molecule has 1 aliphatic rings. The highest BCUT2D eigenvalue weighted by Gasteiger charge is 2.27. The third-order valence-corrected chi connectivity index (χ3v) is 5.23. The smallest absolute Gasteiger partial charge is 0.227 e. The Balaban J connectivity index is 1.68. The molecule has 3 rings (SSSR count). The summed E-state index contributed by atoms with van der Waals surface area (Å²) in [6, 6.07) is 6.27. The molecule has 0 radical (unpaired) electrons. The van der Waals surface area contributed by atoms with Crippen molar-refractivity contribution in [3.63, 3.8) is 0 Å². The average Bonchev–Trinajstić information content (AvgIpc) is 2.97. The number of carbonyl (C=O) groups excluding carboxylic acids is 1. The molecule has 1 aromatic heterocycles. The van der Waals surface area contributed by atoms with Crippen molar-refractivity contribution in [2.45, 2.75) is 33.3 Å². The highest BCUT2D eigenvalue weighted by Crippen LogP contribution is 2.25. The Labute approximate surface area is 141 Å². The fraction of sp³-hybridized carbons (Fsp3) is 0.444. The summed E-state index contributed by atoms with van der Waals surface area (Å²) in [5.74, 6) is 0.167. The summed E-state index contributed by atoms with van der Waals surface area (Å²) in [4.78, 5) is 19.1. The van der Waals surface area contributed by atoms with Gasteiger partial charge in [0.2, 0.25) is 5.91 Å². The number of hydrogen-bond donors (Lipinski definition) is 0. The lowest BCUT2D eigenvalue weighted by atomic mass is 10.0. The van der Waals surface area contributed by atoms with Gasteiger partial charge < -0.3 is 9.64 Å². The normalized spacial score (nSPS) is 18.2. The van der Waals surface area contributed by atoms with Crippen molar-refractivity contribution in [1.82, 2.24) is 9.88 Å². The van der Waals surface area contributed by atoms with Crippen molar-refractivity contribution in [2.75, 3.05) is 19.7 Å². The molecular formula is C18H22N2O2S. The zero-order valence-electron chi connectivity index (χ0n) is 13.8. The third kappa shape index (κ3) is 3.79. The molecule has 1 aliphatic heterocycles. The molecule has 1 atom stereocenters. The number of amides is 1. The molecule has 2 aromatic rings. The molecule has 0 bridgehead atoms. The highest BCUT2D eigenvalue weighted by molar-refractivity contribution is 7.09. The lowest BCUT2D eigenvalue weighted by Gasteiger charge is -2.32. The van der Waals surface area contributed by atoms with Gasteiger partial charge in [0.25, 0.3) is 0 Å². The maximum Gasteiger partial charge on any atom is 0.227 e. The SMILES string of the molecule is Cc1ccc(C)c(CC(=O)N2CCO[C@H](c3nc(C)cs3)C2)c1. The molecule has 0 saturated carbocycles. The highest BCUT2D eigenvalue weighted by atomic mass is 32.1. The number of thiazole rings is 1. The van der Waals surface area contributed by atoms with Gasteiger partial charge in [0.05, 0.1) is 19.6 Å². The fourth-order valence-electron chi connectivity index (χ4n) is 2.81. The second-order valence-corrected chi connectivity index (χ2v) is 7.02. The van der Waals surface area contributed by atoms with Crippen LogP contribution in [0.25, 0.3) is 0 Å². The number of aromatic nitrogens is 1. The molecule has 122 valence electrons. The van der Waals surface area contributed by atoms with Crippen LogP contribution in [0.4, 0.5) is 0 Å². The van der Waals surface area contributed by atoms with Crippen LogP contribution in [0.15, 0.2) is 23.6 Å². The molecule has 1 saturated heterocycles. The number of benzene rings is 1. The maximum atomic E-state index is 12.7. The van der Waals surface area contributed by atoms with Crippen LogP contribution in [0.2, 0.25) is 0 Å². The summed E-state index contributed by atoms with van der Waals surface area (Å²) in [5.41, 5.74) is 4.48. The van der Waals surface area contributed by atoms with Gasteiger partial charge in [0.1, 0.15) is 11.1 Å². The lowest BCUT2D eigenvalue weighted by Crippen LogP contribution is -2.43. The molecule has 0 unspecified atom stereocenters. The van der Waals surface area contributed by atoms with E-state index < -0.39 is 0 Å². The topological polar surface area (TPSA) is 42.4 Å². The first-order chi connectivity index (χ1) is 11.0. The molecule has 1 fully saturated rings. The van der Waals surface area contributed by atoms with Gasteiger partial charge in [-0.2, -0.15) is 0 Å². The molecule has 5 heteroatoms. The van der Waals surface area contributed by atoms with E-state index in [-0.39, 0.29) is 12.0 Å². The van der Waals surface area contributed by atoms with Crippen LogP contribution in [-0.2, 0) is 16.0 Å². The van der Waals surface area contributed by atoms with Crippen molar-refractivity contribution in [2.24, 2.45) is 0 Å². The van der Waals surface area contributed by atoms with E-state index in [2.05, 4.69) is 37.0 Å². The molecule has 1 aromatic carbocycles. The monoisotopic (exact) mass is 330 g/mol. The molecule has 4 nitrogen and oxygen atoms in total. The Kier molecular flexibility index (Phi) is 4.78. The minimum Gasteiger partial charge on any atom is -0.367 e. The summed E-state index contributed by atoms with van der Waals surface area (Å²) in [6.07, 6.45) is 0.363. The Bertz CT molecular complexity index is 711. The van der Waals surface area contributed by atoms with Gasteiger partial charge in [-0.05, 0) is 31.9 Å². The van der Waals surface area contributed by atoms with Gasteiger partial charge in [0.15, 0.2) is 0 Å². The van der Waals surface area contributed by atoms with Gasteiger partial charge in [-0.25, -0.2) is 4.98 Å². The van der Waals surface area contributed by atoms with Gasteiger partial charge in [0, 0.05) is 17.6 Å². The summed E-state index contributed by atoms with van der Waals surface area (Å²) in [7, 11) is 0. The minimum atomic E-state index is -0.0926. The second kappa shape index (κ2) is 6.81. The van der Waals surface area contributed by atoms with Crippen LogP contribution in [0.3, 0.4) is 0 Å². The number of morpholine rings is 1. The van der Waals surface area contributed by atoms with Crippen molar-refractivity contribution in [1.29, 1.82) is 0 Å². The van der Waals surface area contributed by atoms with E-state index in [1.54, 1.807) is 11.3 Å². The van der Waals surface area contributed by atoms with Gasteiger partial charge in [-0.1, -0.05) is 23.8 Å². The van der Waals surface area contributed by atoms with Crippen molar-refractivity contribution in [3.05, 3.63) is 51.0 Å². The Morgan fingerprint density at radius 1 is 1.39 bits per heavy atom. The standard InChI is InChI=1S/C18H22N2O2S/c1-12-4-5-13(2)15(8-12)9-17(21)20-6-7-22-16(10-20)18-19-14(3)11-23-18/h4-5,8,11,16H,6-7,9-10H2,1-3H3/t16-/m0/s1. The number of hydrogen-bond acceptors (Lipinski definition) is 4. The maximum absolute atomic E-state index is 12.7. The Morgan fingerprint density at radius 2 is 2.22 bits per heavy atom. The van der Waals surface area contributed by atoms with Crippen molar-refractivity contribution in [3.8, 4) is 0 Å². The van der Waals surface area contributed by atoms with Crippen LogP contribution in [0.5, 0.6) is 0 Å². The summed E-state index contributed by atoms with van der Waals surface area (Å²) < 4.78 is 5.80. The number of aryl methyl sites for hydroxylation is 3. The largest absolute Gasteiger partial charge is 0.367 e. The van der Waals surface area contributed by atoms with Crippen molar-refractivity contribution < 1.29 is 9.53 Å². The van der Waals surface area contributed by atoms with E-state index in [9.17, 15) is 4.79 Å². The Hall–Kier alpha value is -1.72. The van der Waals surface area contributed by atoms with Crippen LogP contribution in [0.1, 0.15) is 33.5 Å². The van der Waals surface area contributed by atoms with Gasteiger partial charge >= 0.3 is 0 Å². The first-order valence-electron chi connectivity index (χ1n) is 7.90. The molecule has 0 aliphatic carbocycles. The minimum absolute atomic E-state index is 0.0926. The van der Waals surface area contributed by atoms with Crippen LogP contribution in [0, 0.1) is 20.8 Å². The van der Waals surface area contributed by atoms with E-state index in [4.69, 9.17) is 4.74 Å². The van der Waals surface area contributed by atoms with E-state index in [1.165, 1.54) is 11.1 Å². The first-order valence-corrected chi connectivity index (χ1v) is 8.78. The second-order valence-electron chi connectivity index (χ2n) is 6.13. The van der Waals surface area contributed by atoms with E-state index in [1.807, 2.05) is 17.2 Å². The van der Waals surface area contributed by atoms with Crippen molar-refractivity contribution >= 4 is 17.2 Å². The number of rotatable bonds is 3. The van der Waals surface area contributed by atoms with E-state index in [0.717, 1.165) is 16.3 Å². The van der Waals surface area contributed by atoms with E-state index in [0.29, 0.717) is 26.1 Å². The number of carbonyl (C=O) groups is 1. The third-order valence-electron chi connectivity index (χ3n) is 4.18. The first kappa shape index (κ1) is 16.1. The van der Waals surface area contributed by atoms with Gasteiger partial charge in [-0.15, -0.1) is 11.3 Å². The molecule has 2 heterocycles. The fourth-order valence-corrected chi connectivity index (χ4v) is 3.65. The predicted octanol–water partition coefficient (Wildman–Crippen LogP) is 3.21. The Morgan fingerprint density at radius 3 is 2.96 bits per heavy atom. The van der Waals surface area contributed by atoms with Crippen LogP contribution >= 0.6 is 11.3 Å². The molecule has 1 amide bonds. The number of nitrogens with zero attached hydrogens (tertiary/aromatic N) is 2. The summed E-state index contributed by atoms with van der Waals surface area (Å²) in [5, 5.41) is 2.99. The molecular weight excluding hydrogens is 308 g/mol. The summed E-state index contributed by atoms with van der Waals surface area (Å²) in [6.45, 7) is 7.92. The average molecular weight is 330 g/mol. The zero-order valence-corrected chi connectivity index (χ0v) is 14.7. The van der Waals surface area contributed by atoms with Crippen LogP contribution < -0.4 is 0 Å². The zero-order chi connectivity index (χ0) is 16.4. The number of ether oxygens (including phenoxy) is 1.